The zero-order valence-electron chi connectivity index (χ0n) is 17.9. The van der Waals surface area contributed by atoms with Gasteiger partial charge in [0.2, 0.25) is 5.91 Å². The van der Waals surface area contributed by atoms with E-state index in [-0.39, 0.29) is 18.4 Å². The van der Waals surface area contributed by atoms with E-state index >= 15 is 0 Å². The van der Waals surface area contributed by atoms with Crippen molar-refractivity contribution in [1.82, 2.24) is 24.6 Å². The van der Waals surface area contributed by atoms with Crippen molar-refractivity contribution in [1.29, 1.82) is 0 Å². The second-order valence-corrected chi connectivity index (χ2v) is 8.22. The lowest BCUT2D eigenvalue weighted by atomic mass is 10.1. The predicted octanol–water partition coefficient (Wildman–Crippen LogP) is 2.64. The normalized spacial score (nSPS) is 14.8. The molecule has 1 aliphatic heterocycles. The fourth-order valence-electron chi connectivity index (χ4n) is 3.97. The molecule has 3 aromatic rings. The minimum Gasteiger partial charge on any atom is -0.336 e. The second-order valence-electron chi connectivity index (χ2n) is 7.82. The third-order valence-electron chi connectivity index (χ3n) is 5.50. The van der Waals surface area contributed by atoms with Crippen molar-refractivity contribution in [3.05, 3.63) is 52.3 Å². The molecule has 0 spiro atoms. The van der Waals surface area contributed by atoms with Gasteiger partial charge in [-0.2, -0.15) is 5.10 Å². The van der Waals surface area contributed by atoms with Crippen LogP contribution in [0, 0.1) is 13.8 Å². The zero-order valence-corrected chi connectivity index (χ0v) is 18.6. The van der Waals surface area contributed by atoms with Crippen molar-refractivity contribution >= 4 is 40.1 Å². The highest BCUT2D eigenvalue weighted by Gasteiger charge is 2.26. The molecule has 1 aromatic carbocycles. The Morgan fingerprint density at radius 3 is 2.55 bits per heavy atom. The molecule has 0 radical (unpaired) electrons. The summed E-state index contributed by atoms with van der Waals surface area (Å²) in [4.78, 5) is 34.1. The van der Waals surface area contributed by atoms with E-state index in [4.69, 9.17) is 11.6 Å². The Hall–Kier alpha value is -2.97. The third kappa shape index (κ3) is 4.40. The molecule has 0 unspecified atom stereocenters. The summed E-state index contributed by atoms with van der Waals surface area (Å²) < 4.78 is 1.71. The number of amides is 2. The molecule has 1 saturated heterocycles. The number of aryl methyl sites for hydroxylation is 3. The smallest absolute Gasteiger partial charge is 0.254 e. The molecule has 31 heavy (non-hydrogen) atoms. The summed E-state index contributed by atoms with van der Waals surface area (Å²) >= 11 is 6.11. The number of aromatic nitrogens is 3. The molecule has 0 saturated carbocycles. The number of fused-ring (bicyclic) bond motifs is 1. The van der Waals surface area contributed by atoms with E-state index in [1.807, 2.05) is 48.9 Å². The Bertz CT molecular complexity index is 1150. The van der Waals surface area contributed by atoms with Gasteiger partial charge in [0.1, 0.15) is 0 Å². The van der Waals surface area contributed by atoms with Crippen molar-refractivity contribution in [2.75, 3.05) is 38.0 Å². The highest BCUT2D eigenvalue weighted by Crippen LogP contribution is 2.24. The predicted molar refractivity (Wildman–Crippen MR) is 120 cm³/mol. The maximum Gasteiger partial charge on any atom is 0.254 e. The number of rotatable bonds is 4. The summed E-state index contributed by atoms with van der Waals surface area (Å²) in [6.07, 6.45) is 0. The van der Waals surface area contributed by atoms with Crippen LogP contribution in [0.5, 0.6) is 0 Å². The highest BCUT2D eigenvalue weighted by atomic mass is 35.5. The average molecular weight is 441 g/mol. The first-order chi connectivity index (χ1) is 14.8. The molecule has 0 aliphatic carbocycles. The number of pyridine rings is 1. The van der Waals surface area contributed by atoms with Crippen LogP contribution in [0.4, 0.5) is 5.69 Å². The molecule has 1 fully saturated rings. The summed E-state index contributed by atoms with van der Waals surface area (Å²) in [7, 11) is 1.84. The first kappa shape index (κ1) is 21.3. The molecule has 3 heterocycles. The number of carbonyl (C=O) groups is 2. The number of carbonyl (C=O) groups excluding carboxylic acids is 2. The lowest BCUT2D eigenvalue weighted by molar-refractivity contribution is -0.117. The minimum atomic E-state index is -0.120. The first-order valence-corrected chi connectivity index (χ1v) is 10.6. The summed E-state index contributed by atoms with van der Waals surface area (Å²) in [5.74, 6) is -0.142. The van der Waals surface area contributed by atoms with Gasteiger partial charge in [-0.3, -0.25) is 19.2 Å². The summed E-state index contributed by atoms with van der Waals surface area (Å²) in [6, 6.07) is 8.99. The van der Waals surface area contributed by atoms with Gasteiger partial charge in [-0.15, -0.1) is 0 Å². The number of nitrogens with one attached hydrogen (secondary N) is 1. The number of para-hydroxylation sites is 1. The number of anilines is 1. The van der Waals surface area contributed by atoms with Crippen molar-refractivity contribution in [3.63, 3.8) is 0 Å². The third-order valence-corrected chi connectivity index (χ3v) is 5.83. The first-order valence-electron chi connectivity index (χ1n) is 10.2. The Morgan fingerprint density at radius 2 is 1.84 bits per heavy atom. The number of halogens is 1. The largest absolute Gasteiger partial charge is 0.336 e. The number of hydrogen-bond donors (Lipinski definition) is 1. The van der Waals surface area contributed by atoms with Crippen LogP contribution in [0.2, 0.25) is 5.02 Å². The molecular weight excluding hydrogens is 416 g/mol. The van der Waals surface area contributed by atoms with Gasteiger partial charge in [-0.25, -0.2) is 4.98 Å². The number of nitrogens with zero attached hydrogens (tertiary/aromatic N) is 5. The lowest BCUT2D eigenvalue weighted by Crippen LogP contribution is -2.50. The molecule has 1 N–H and O–H groups in total. The molecule has 162 valence electrons. The summed E-state index contributed by atoms with van der Waals surface area (Å²) in [6.45, 7) is 6.40. The van der Waals surface area contributed by atoms with Crippen LogP contribution < -0.4 is 5.32 Å². The van der Waals surface area contributed by atoms with E-state index in [1.54, 1.807) is 16.8 Å². The van der Waals surface area contributed by atoms with Gasteiger partial charge < -0.3 is 10.2 Å². The second kappa shape index (κ2) is 8.64. The molecular formula is C22H25ClN6O2. The fourth-order valence-corrected chi connectivity index (χ4v) is 4.16. The lowest BCUT2D eigenvalue weighted by Gasteiger charge is -2.34. The Balaban J connectivity index is 1.40. The Labute approximate surface area is 185 Å². The molecule has 0 bridgehead atoms. The van der Waals surface area contributed by atoms with Crippen molar-refractivity contribution in [2.45, 2.75) is 13.8 Å². The maximum atomic E-state index is 13.3. The standard InChI is InChI=1S/C22H25ClN6O2/c1-14-12-16(20-15(2)26-27(3)21(20)24-14)22(31)29-10-8-28(9-11-29)13-19(30)25-18-7-5-4-6-17(18)23/h4-7,12H,8-11,13H2,1-3H3,(H,25,30). The van der Waals surface area contributed by atoms with E-state index in [1.165, 1.54) is 0 Å². The van der Waals surface area contributed by atoms with Crippen LogP contribution in [0.15, 0.2) is 30.3 Å². The maximum absolute atomic E-state index is 13.3. The van der Waals surface area contributed by atoms with Gasteiger partial charge in [0, 0.05) is 38.9 Å². The van der Waals surface area contributed by atoms with Crippen molar-refractivity contribution < 1.29 is 9.59 Å². The number of piperazine rings is 1. The molecule has 4 rings (SSSR count). The minimum absolute atomic E-state index is 0.0215. The molecule has 8 nitrogen and oxygen atoms in total. The van der Waals surface area contributed by atoms with Crippen LogP contribution in [0.1, 0.15) is 21.7 Å². The quantitative estimate of drug-likeness (QED) is 0.674. The van der Waals surface area contributed by atoms with E-state index in [2.05, 4.69) is 15.4 Å². The van der Waals surface area contributed by atoms with E-state index < -0.39 is 0 Å². The molecule has 2 amide bonds. The van der Waals surface area contributed by atoms with Crippen LogP contribution >= 0.6 is 11.6 Å². The van der Waals surface area contributed by atoms with Gasteiger partial charge in [-0.1, -0.05) is 23.7 Å². The van der Waals surface area contributed by atoms with Crippen LogP contribution in [-0.4, -0.2) is 69.1 Å². The SMILES string of the molecule is Cc1cc(C(=O)N2CCN(CC(=O)Nc3ccccc3Cl)CC2)c2c(C)nn(C)c2n1. The van der Waals surface area contributed by atoms with Crippen LogP contribution in [0.25, 0.3) is 11.0 Å². The zero-order chi connectivity index (χ0) is 22.1. The summed E-state index contributed by atoms with van der Waals surface area (Å²) in [5.41, 5.74) is 3.54. The van der Waals surface area contributed by atoms with Gasteiger partial charge in [-0.05, 0) is 32.0 Å². The summed E-state index contributed by atoms with van der Waals surface area (Å²) in [5, 5.41) is 8.58. The van der Waals surface area contributed by atoms with Gasteiger partial charge >= 0.3 is 0 Å². The molecule has 1 aliphatic rings. The molecule has 2 aromatic heterocycles. The molecule has 0 atom stereocenters. The Morgan fingerprint density at radius 1 is 1.13 bits per heavy atom. The number of hydrogen-bond acceptors (Lipinski definition) is 5. The van der Waals surface area contributed by atoms with E-state index in [0.717, 1.165) is 22.4 Å². The monoisotopic (exact) mass is 440 g/mol. The number of benzene rings is 1. The van der Waals surface area contributed by atoms with Gasteiger partial charge in [0.05, 0.1) is 33.9 Å². The van der Waals surface area contributed by atoms with E-state index in [0.29, 0.717) is 42.5 Å². The van der Waals surface area contributed by atoms with Gasteiger partial charge in [0.15, 0.2) is 5.65 Å². The topological polar surface area (TPSA) is 83.4 Å². The average Bonchev–Trinajstić information content (AvgIpc) is 3.02. The van der Waals surface area contributed by atoms with E-state index in [9.17, 15) is 9.59 Å². The van der Waals surface area contributed by atoms with Crippen molar-refractivity contribution in [2.24, 2.45) is 7.05 Å². The Kier molecular flexibility index (Phi) is 5.93. The van der Waals surface area contributed by atoms with Crippen LogP contribution in [-0.2, 0) is 11.8 Å². The van der Waals surface area contributed by atoms with Gasteiger partial charge in [0.25, 0.3) is 5.91 Å². The van der Waals surface area contributed by atoms with Crippen molar-refractivity contribution in [3.8, 4) is 0 Å². The fraction of sp³-hybridized carbons (Fsp3) is 0.364. The van der Waals surface area contributed by atoms with Crippen LogP contribution in [0.3, 0.4) is 0 Å². The highest BCUT2D eigenvalue weighted by molar-refractivity contribution is 6.33. The molecule has 9 heteroatoms.